The van der Waals surface area contributed by atoms with Crippen molar-refractivity contribution in [3.8, 4) is 11.5 Å². The van der Waals surface area contributed by atoms with Crippen molar-refractivity contribution < 1.29 is 19.2 Å². The van der Waals surface area contributed by atoms with Crippen LogP contribution in [0.5, 0.6) is 11.5 Å². The zero-order valence-corrected chi connectivity index (χ0v) is 11.7. The molecule has 0 unspecified atom stereocenters. The van der Waals surface area contributed by atoms with Gasteiger partial charge in [0.15, 0.2) is 0 Å². The van der Waals surface area contributed by atoms with E-state index in [1.165, 1.54) is 19.2 Å². The lowest BCUT2D eigenvalue weighted by Crippen LogP contribution is -2.09. The van der Waals surface area contributed by atoms with Gasteiger partial charge in [-0.15, -0.1) is 0 Å². The number of nitrogens with zero attached hydrogens (tertiary/aromatic N) is 1. The van der Waals surface area contributed by atoms with Gasteiger partial charge in [-0.25, -0.2) is 4.79 Å². The molecular formula is C14H10ClNO5. The SMILES string of the molecule is COc1ccc(OC(=O)c2cc([N+](=O)[O-])ccc2Cl)cc1. The molecule has 0 saturated heterocycles. The van der Waals surface area contributed by atoms with Crippen molar-refractivity contribution in [2.24, 2.45) is 0 Å². The number of ether oxygens (including phenoxy) is 2. The topological polar surface area (TPSA) is 78.7 Å². The van der Waals surface area contributed by atoms with Crippen LogP contribution in [0.15, 0.2) is 42.5 Å². The zero-order valence-electron chi connectivity index (χ0n) is 10.9. The Balaban J connectivity index is 2.23. The van der Waals surface area contributed by atoms with Crippen LogP contribution < -0.4 is 9.47 Å². The van der Waals surface area contributed by atoms with Gasteiger partial charge in [-0.2, -0.15) is 0 Å². The summed E-state index contributed by atoms with van der Waals surface area (Å²) in [6.45, 7) is 0. The second kappa shape index (κ2) is 6.23. The van der Waals surface area contributed by atoms with E-state index in [1.54, 1.807) is 24.3 Å². The normalized spacial score (nSPS) is 10.0. The predicted octanol–water partition coefficient (Wildman–Crippen LogP) is 3.48. The first-order chi connectivity index (χ1) is 10.0. The van der Waals surface area contributed by atoms with Crippen LogP contribution in [-0.2, 0) is 0 Å². The minimum absolute atomic E-state index is 0.0679. The minimum Gasteiger partial charge on any atom is -0.497 e. The summed E-state index contributed by atoms with van der Waals surface area (Å²) in [6.07, 6.45) is 0. The number of esters is 1. The Labute approximate surface area is 125 Å². The van der Waals surface area contributed by atoms with E-state index in [0.29, 0.717) is 5.75 Å². The number of non-ortho nitro benzene ring substituents is 1. The highest BCUT2D eigenvalue weighted by Gasteiger charge is 2.17. The quantitative estimate of drug-likeness (QED) is 0.374. The van der Waals surface area contributed by atoms with Crippen LogP contribution in [0.1, 0.15) is 10.4 Å². The second-order valence-electron chi connectivity index (χ2n) is 3.99. The third-order valence-electron chi connectivity index (χ3n) is 2.65. The van der Waals surface area contributed by atoms with Crippen LogP contribution in [0.4, 0.5) is 5.69 Å². The van der Waals surface area contributed by atoms with Crippen molar-refractivity contribution in [2.75, 3.05) is 7.11 Å². The van der Waals surface area contributed by atoms with Crippen LogP contribution in [0.3, 0.4) is 0 Å². The van der Waals surface area contributed by atoms with E-state index < -0.39 is 10.9 Å². The Morgan fingerprint density at radius 2 is 1.76 bits per heavy atom. The van der Waals surface area contributed by atoms with E-state index in [9.17, 15) is 14.9 Å². The van der Waals surface area contributed by atoms with Crippen molar-refractivity contribution in [2.45, 2.75) is 0 Å². The molecule has 0 atom stereocenters. The molecule has 0 saturated carbocycles. The van der Waals surface area contributed by atoms with Crippen molar-refractivity contribution >= 4 is 23.3 Å². The summed E-state index contributed by atoms with van der Waals surface area (Å²) in [5.41, 5.74) is -0.303. The Kier molecular flexibility index (Phi) is 4.39. The average molecular weight is 308 g/mol. The molecule has 21 heavy (non-hydrogen) atoms. The first-order valence-electron chi connectivity index (χ1n) is 5.81. The zero-order chi connectivity index (χ0) is 15.4. The van der Waals surface area contributed by atoms with Crippen LogP contribution >= 0.6 is 11.6 Å². The molecular weight excluding hydrogens is 298 g/mol. The highest BCUT2D eigenvalue weighted by atomic mass is 35.5. The summed E-state index contributed by atoms with van der Waals surface area (Å²) in [6, 6.07) is 9.91. The number of rotatable bonds is 4. The number of carbonyl (C=O) groups is 1. The molecule has 2 rings (SSSR count). The summed E-state index contributed by atoms with van der Waals surface area (Å²) >= 11 is 5.87. The third-order valence-corrected chi connectivity index (χ3v) is 2.98. The fraction of sp³-hybridized carbons (Fsp3) is 0.0714. The van der Waals surface area contributed by atoms with Gasteiger partial charge in [-0.3, -0.25) is 10.1 Å². The van der Waals surface area contributed by atoms with Crippen LogP contribution in [0.2, 0.25) is 5.02 Å². The van der Waals surface area contributed by atoms with Crippen LogP contribution in [0.25, 0.3) is 0 Å². The standard InChI is InChI=1S/C14H10ClNO5/c1-20-10-3-5-11(6-4-10)21-14(17)12-8-9(16(18)19)2-7-13(12)15/h2-8H,1H3. The number of hydrogen-bond acceptors (Lipinski definition) is 5. The molecule has 0 bridgehead atoms. The summed E-state index contributed by atoms with van der Waals surface area (Å²) in [5.74, 6) is 0.125. The average Bonchev–Trinajstić information content (AvgIpc) is 2.48. The molecule has 0 amide bonds. The monoisotopic (exact) mass is 307 g/mol. The largest absolute Gasteiger partial charge is 0.497 e. The summed E-state index contributed by atoms with van der Waals surface area (Å²) in [7, 11) is 1.52. The van der Waals surface area contributed by atoms with Crippen molar-refractivity contribution in [1.29, 1.82) is 0 Å². The molecule has 0 aliphatic carbocycles. The molecule has 0 N–H and O–H groups in total. The summed E-state index contributed by atoms with van der Waals surface area (Å²) < 4.78 is 10.1. The van der Waals surface area contributed by atoms with Crippen LogP contribution in [0, 0.1) is 10.1 Å². The molecule has 0 spiro atoms. The molecule has 0 aliphatic rings. The Bertz CT molecular complexity index is 684. The molecule has 0 aliphatic heterocycles. The van der Waals surface area contributed by atoms with E-state index in [0.717, 1.165) is 6.07 Å². The van der Waals surface area contributed by atoms with Gasteiger partial charge in [-0.05, 0) is 30.3 Å². The van der Waals surface area contributed by atoms with Crippen molar-refractivity contribution in [3.05, 3.63) is 63.2 Å². The maximum atomic E-state index is 12.0. The van der Waals surface area contributed by atoms with Gasteiger partial charge in [0.25, 0.3) is 5.69 Å². The van der Waals surface area contributed by atoms with Gasteiger partial charge in [-0.1, -0.05) is 11.6 Å². The third kappa shape index (κ3) is 3.49. The van der Waals surface area contributed by atoms with E-state index >= 15 is 0 Å². The number of nitro groups is 1. The number of methoxy groups -OCH3 is 1. The van der Waals surface area contributed by atoms with Gasteiger partial charge in [0.05, 0.1) is 22.6 Å². The number of hydrogen-bond donors (Lipinski definition) is 0. The lowest BCUT2D eigenvalue weighted by Gasteiger charge is -2.06. The molecule has 7 heteroatoms. The Hall–Kier alpha value is -2.60. The molecule has 0 aromatic heterocycles. The molecule has 6 nitrogen and oxygen atoms in total. The fourth-order valence-electron chi connectivity index (χ4n) is 1.59. The molecule has 0 radical (unpaired) electrons. The van der Waals surface area contributed by atoms with E-state index in [4.69, 9.17) is 21.1 Å². The summed E-state index contributed by atoms with van der Waals surface area (Å²) in [5, 5.41) is 10.8. The van der Waals surface area contributed by atoms with Gasteiger partial charge < -0.3 is 9.47 Å². The lowest BCUT2D eigenvalue weighted by molar-refractivity contribution is -0.384. The highest BCUT2D eigenvalue weighted by molar-refractivity contribution is 6.33. The van der Waals surface area contributed by atoms with E-state index in [-0.39, 0.29) is 22.0 Å². The predicted molar refractivity (Wildman–Crippen MR) is 76.1 cm³/mol. The molecule has 0 heterocycles. The maximum absolute atomic E-state index is 12.0. The van der Waals surface area contributed by atoms with Gasteiger partial charge in [0.1, 0.15) is 11.5 Å². The Morgan fingerprint density at radius 3 is 2.33 bits per heavy atom. The number of halogens is 1. The maximum Gasteiger partial charge on any atom is 0.345 e. The smallest absolute Gasteiger partial charge is 0.345 e. The minimum atomic E-state index is -0.770. The molecule has 2 aromatic rings. The Morgan fingerprint density at radius 1 is 1.14 bits per heavy atom. The lowest BCUT2D eigenvalue weighted by atomic mass is 10.2. The number of nitro benzene ring substituents is 1. The highest BCUT2D eigenvalue weighted by Crippen LogP contribution is 2.24. The second-order valence-corrected chi connectivity index (χ2v) is 4.39. The first-order valence-corrected chi connectivity index (χ1v) is 6.19. The fourth-order valence-corrected chi connectivity index (χ4v) is 1.78. The summed E-state index contributed by atoms with van der Waals surface area (Å²) in [4.78, 5) is 22.1. The molecule has 2 aromatic carbocycles. The van der Waals surface area contributed by atoms with Gasteiger partial charge >= 0.3 is 5.97 Å². The van der Waals surface area contributed by atoms with E-state index in [1.807, 2.05) is 0 Å². The molecule has 108 valence electrons. The number of benzene rings is 2. The number of carbonyl (C=O) groups excluding carboxylic acids is 1. The first kappa shape index (κ1) is 14.8. The van der Waals surface area contributed by atoms with E-state index in [2.05, 4.69) is 0 Å². The van der Waals surface area contributed by atoms with Crippen molar-refractivity contribution in [1.82, 2.24) is 0 Å². The molecule has 0 fully saturated rings. The van der Waals surface area contributed by atoms with Gasteiger partial charge in [0.2, 0.25) is 0 Å². The van der Waals surface area contributed by atoms with Crippen LogP contribution in [-0.4, -0.2) is 18.0 Å². The van der Waals surface area contributed by atoms with Crippen molar-refractivity contribution in [3.63, 3.8) is 0 Å². The van der Waals surface area contributed by atoms with Gasteiger partial charge in [0, 0.05) is 12.1 Å².